The zero-order valence-corrected chi connectivity index (χ0v) is 11.5. The molecule has 1 N–H and O–H groups in total. The molecule has 92 valence electrons. The molecule has 0 radical (unpaired) electrons. The Labute approximate surface area is 103 Å². The molecule has 0 spiro atoms. The van der Waals surface area contributed by atoms with Gasteiger partial charge in [0.15, 0.2) is 0 Å². The molecule has 0 saturated carbocycles. The minimum Gasteiger partial charge on any atom is -0.308 e. The lowest BCUT2D eigenvalue weighted by molar-refractivity contribution is 0.305. The standard InChI is InChI=1S/C12H23N3S/c1-10(2)7-11(9-15(3)4)14-8-12-13-5-6-16-12/h5-6,10-11,14H,7-9H2,1-4H3. The zero-order valence-electron chi connectivity index (χ0n) is 10.7. The molecule has 3 nitrogen and oxygen atoms in total. The number of nitrogens with one attached hydrogen (secondary N) is 1. The SMILES string of the molecule is CC(C)CC(CN(C)C)NCc1nccs1. The summed E-state index contributed by atoms with van der Waals surface area (Å²) < 4.78 is 0. The van der Waals surface area contributed by atoms with Crippen LogP contribution in [0.15, 0.2) is 11.6 Å². The van der Waals surface area contributed by atoms with Gasteiger partial charge in [0, 0.05) is 30.7 Å². The van der Waals surface area contributed by atoms with Crippen LogP contribution in [0.25, 0.3) is 0 Å². The third-order valence-electron chi connectivity index (χ3n) is 2.37. The molecule has 0 aliphatic heterocycles. The highest BCUT2D eigenvalue weighted by atomic mass is 32.1. The maximum absolute atomic E-state index is 4.29. The topological polar surface area (TPSA) is 28.2 Å². The van der Waals surface area contributed by atoms with E-state index in [0.29, 0.717) is 6.04 Å². The molecule has 4 heteroatoms. The van der Waals surface area contributed by atoms with Gasteiger partial charge in [-0.2, -0.15) is 0 Å². The van der Waals surface area contributed by atoms with Crippen molar-refractivity contribution in [1.82, 2.24) is 15.2 Å². The summed E-state index contributed by atoms with van der Waals surface area (Å²) in [6, 6.07) is 0.555. The van der Waals surface area contributed by atoms with Crippen molar-refractivity contribution in [3.63, 3.8) is 0 Å². The van der Waals surface area contributed by atoms with Crippen LogP contribution >= 0.6 is 11.3 Å². The minimum atomic E-state index is 0.555. The second kappa shape index (κ2) is 6.99. The van der Waals surface area contributed by atoms with Crippen LogP contribution in [0.1, 0.15) is 25.3 Å². The molecule has 0 aliphatic rings. The first kappa shape index (κ1) is 13.6. The van der Waals surface area contributed by atoms with Crippen LogP contribution in [0.2, 0.25) is 0 Å². The lowest BCUT2D eigenvalue weighted by Crippen LogP contribution is -2.38. The molecule has 0 aliphatic carbocycles. The first-order chi connectivity index (χ1) is 7.58. The number of likely N-dealkylation sites (N-methyl/N-ethyl adjacent to an activating group) is 1. The van der Waals surface area contributed by atoms with E-state index in [1.807, 2.05) is 11.6 Å². The Hall–Kier alpha value is -0.450. The Kier molecular flexibility index (Phi) is 5.95. The third kappa shape index (κ3) is 5.58. The van der Waals surface area contributed by atoms with Gasteiger partial charge >= 0.3 is 0 Å². The van der Waals surface area contributed by atoms with E-state index in [2.05, 4.69) is 43.1 Å². The molecule has 1 rings (SSSR count). The Balaban J connectivity index is 2.37. The van der Waals surface area contributed by atoms with Gasteiger partial charge in [-0.1, -0.05) is 13.8 Å². The van der Waals surface area contributed by atoms with Crippen molar-refractivity contribution >= 4 is 11.3 Å². The average Bonchev–Trinajstić information content (AvgIpc) is 2.64. The molecule has 0 aromatic carbocycles. The second-order valence-electron chi connectivity index (χ2n) is 4.90. The van der Waals surface area contributed by atoms with Gasteiger partial charge in [0.05, 0.1) is 0 Å². The Morgan fingerprint density at radius 3 is 2.69 bits per heavy atom. The Bertz CT molecular complexity index is 260. The van der Waals surface area contributed by atoms with Gasteiger partial charge in [-0.05, 0) is 26.4 Å². The predicted molar refractivity (Wildman–Crippen MR) is 70.8 cm³/mol. The summed E-state index contributed by atoms with van der Waals surface area (Å²) in [4.78, 5) is 6.53. The van der Waals surface area contributed by atoms with Crippen LogP contribution in [-0.2, 0) is 6.54 Å². The summed E-state index contributed by atoms with van der Waals surface area (Å²) in [7, 11) is 4.25. The maximum atomic E-state index is 4.29. The van der Waals surface area contributed by atoms with Gasteiger partial charge in [-0.25, -0.2) is 4.98 Å². The van der Waals surface area contributed by atoms with E-state index in [1.54, 1.807) is 11.3 Å². The first-order valence-corrected chi connectivity index (χ1v) is 6.72. The molecule has 0 bridgehead atoms. The summed E-state index contributed by atoms with van der Waals surface area (Å²) >= 11 is 1.72. The highest BCUT2D eigenvalue weighted by Crippen LogP contribution is 2.08. The number of thiazole rings is 1. The smallest absolute Gasteiger partial charge is 0.106 e. The monoisotopic (exact) mass is 241 g/mol. The first-order valence-electron chi connectivity index (χ1n) is 5.84. The molecule has 1 aromatic rings. The number of hydrogen-bond acceptors (Lipinski definition) is 4. The third-order valence-corrected chi connectivity index (χ3v) is 3.15. The van der Waals surface area contributed by atoms with Crippen LogP contribution in [0.5, 0.6) is 0 Å². The van der Waals surface area contributed by atoms with Crippen LogP contribution in [-0.4, -0.2) is 36.6 Å². The van der Waals surface area contributed by atoms with Crippen molar-refractivity contribution in [2.45, 2.75) is 32.9 Å². The van der Waals surface area contributed by atoms with Crippen LogP contribution in [0.4, 0.5) is 0 Å². The molecular weight excluding hydrogens is 218 g/mol. The highest BCUT2D eigenvalue weighted by molar-refractivity contribution is 7.09. The van der Waals surface area contributed by atoms with E-state index in [9.17, 15) is 0 Å². The number of hydrogen-bond donors (Lipinski definition) is 1. The number of nitrogens with zero attached hydrogens (tertiary/aromatic N) is 2. The predicted octanol–water partition coefficient (Wildman–Crippen LogP) is 2.21. The largest absolute Gasteiger partial charge is 0.308 e. The fourth-order valence-corrected chi connectivity index (χ4v) is 2.37. The van der Waals surface area contributed by atoms with Gasteiger partial charge in [0.1, 0.15) is 5.01 Å². The van der Waals surface area contributed by atoms with E-state index >= 15 is 0 Å². The van der Waals surface area contributed by atoms with Gasteiger partial charge in [-0.15, -0.1) is 11.3 Å². The van der Waals surface area contributed by atoms with Crippen LogP contribution < -0.4 is 5.32 Å². The summed E-state index contributed by atoms with van der Waals surface area (Å²) in [6.07, 6.45) is 3.08. The quantitative estimate of drug-likeness (QED) is 0.793. The molecule has 1 heterocycles. The zero-order chi connectivity index (χ0) is 12.0. The summed E-state index contributed by atoms with van der Waals surface area (Å²) in [5.41, 5.74) is 0. The Morgan fingerprint density at radius 2 is 2.19 bits per heavy atom. The number of aromatic nitrogens is 1. The minimum absolute atomic E-state index is 0.555. The second-order valence-corrected chi connectivity index (χ2v) is 5.87. The molecule has 0 amide bonds. The fourth-order valence-electron chi connectivity index (χ4n) is 1.80. The molecule has 0 saturated heterocycles. The molecule has 1 atom stereocenters. The van der Waals surface area contributed by atoms with E-state index in [-0.39, 0.29) is 0 Å². The van der Waals surface area contributed by atoms with E-state index < -0.39 is 0 Å². The van der Waals surface area contributed by atoms with Crippen molar-refractivity contribution in [2.75, 3.05) is 20.6 Å². The van der Waals surface area contributed by atoms with E-state index in [1.165, 1.54) is 11.4 Å². The van der Waals surface area contributed by atoms with Gasteiger partial charge in [-0.3, -0.25) is 0 Å². The van der Waals surface area contributed by atoms with Gasteiger partial charge < -0.3 is 10.2 Å². The summed E-state index contributed by atoms with van der Waals surface area (Å²) in [6.45, 7) is 6.52. The normalized spacial score (nSPS) is 13.6. The lowest BCUT2D eigenvalue weighted by atomic mass is 10.0. The maximum Gasteiger partial charge on any atom is 0.106 e. The van der Waals surface area contributed by atoms with Crippen molar-refractivity contribution in [3.05, 3.63) is 16.6 Å². The van der Waals surface area contributed by atoms with E-state index in [4.69, 9.17) is 0 Å². The van der Waals surface area contributed by atoms with Crippen molar-refractivity contribution < 1.29 is 0 Å². The summed E-state index contributed by atoms with van der Waals surface area (Å²) in [5.74, 6) is 0.730. The lowest BCUT2D eigenvalue weighted by Gasteiger charge is -2.23. The fraction of sp³-hybridized carbons (Fsp3) is 0.750. The molecular formula is C12H23N3S. The van der Waals surface area contributed by atoms with Gasteiger partial charge in [0.25, 0.3) is 0 Å². The molecule has 1 aromatic heterocycles. The van der Waals surface area contributed by atoms with Crippen molar-refractivity contribution in [1.29, 1.82) is 0 Å². The molecule has 0 fully saturated rings. The number of rotatable bonds is 7. The van der Waals surface area contributed by atoms with Crippen LogP contribution in [0, 0.1) is 5.92 Å². The molecule has 1 unspecified atom stereocenters. The van der Waals surface area contributed by atoms with Crippen molar-refractivity contribution in [3.8, 4) is 0 Å². The Morgan fingerprint density at radius 1 is 1.44 bits per heavy atom. The van der Waals surface area contributed by atoms with E-state index in [0.717, 1.165) is 19.0 Å². The summed E-state index contributed by atoms with van der Waals surface area (Å²) in [5, 5.41) is 6.79. The highest BCUT2D eigenvalue weighted by Gasteiger charge is 2.11. The molecule has 16 heavy (non-hydrogen) atoms. The van der Waals surface area contributed by atoms with Crippen LogP contribution in [0.3, 0.4) is 0 Å². The average molecular weight is 241 g/mol. The van der Waals surface area contributed by atoms with Gasteiger partial charge in [0.2, 0.25) is 0 Å². The van der Waals surface area contributed by atoms with Crippen molar-refractivity contribution in [2.24, 2.45) is 5.92 Å².